The summed E-state index contributed by atoms with van der Waals surface area (Å²) < 4.78 is 42.1. The minimum absolute atomic E-state index is 0.343. The maximum Gasteiger partial charge on any atom is 0.416 e. The van der Waals surface area contributed by atoms with Crippen LogP contribution in [0.2, 0.25) is 0 Å². The zero-order chi connectivity index (χ0) is 15.5. The molecule has 1 saturated heterocycles. The second kappa shape index (κ2) is 6.34. The van der Waals surface area contributed by atoms with Gasteiger partial charge in [0.2, 0.25) is 0 Å². The highest BCUT2D eigenvalue weighted by atomic mass is 19.4. The molecule has 0 spiro atoms. The van der Waals surface area contributed by atoms with Crippen molar-refractivity contribution in [1.82, 2.24) is 9.80 Å². The minimum atomic E-state index is -4.30. The molecule has 0 aliphatic carbocycles. The zero-order valence-electron chi connectivity index (χ0n) is 11.7. The van der Waals surface area contributed by atoms with Gasteiger partial charge in [-0.15, -0.1) is 0 Å². The first kappa shape index (κ1) is 15.6. The molecule has 116 valence electrons. The van der Waals surface area contributed by atoms with Crippen LogP contribution in [0, 0.1) is 0 Å². The molecule has 21 heavy (non-hydrogen) atoms. The first-order valence-corrected chi connectivity index (χ1v) is 6.61. The molecule has 0 unspecified atom stereocenters. The molecular weight excluding hydrogens is 285 g/mol. The molecule has 0 atom stereocenters. The van der Waals surface area contributed by atoms with Crippen molar-refractivity contribution in [3.63, 3.8) is 0 Å². The summed E-state index contributed by atoms with van der Waals surface area (Å²) in [5, 5.41) is 0. The van der Waals surface area contributed by atoms with Crippen LogP contribution in [0.15, 0.2) is 24.3 Å². The molecule has 7 heteroatoms. The fourth-order valence-corrected chi connectivity index (χ4v) is 2.27. The van der Waals surface area contributed by atoms with Gasteiger partial charge in [0.05, 0.1) is 12.7 Å². The van der Waals surface area contributed by atoms with E-state index in [1.807, 2.05) is 0 Å². The Kier molecular flexibility index (Phi) is 4.72. The molecule has 1 amide bonds. The highest BCUT2D eigenvalue weighted by Gasteiger charge is 2.30. The number of carbonyl (C=O) groups excluding carboxylic acids is 1. The normalized spacial score (nSPS) is 16.9. The van der Waals surface area contributed by atoms with Gasteiger partial charge in [0.25, 0.3) is 0 Å². The molecule has 0 saturated carbocycles. The van der Waals surface area contributed by atoms with E-state index in [9.17, 15) is 18.0 Å². The monoisotopic (exact) mass is 302 g/mol. The maximum atomic E-state index is 12.5. The number of carbonyl (C=O) groups is 1. The molecule has 1 aliphatic rings. The Balaban J connectivity index is 1.88. The molecule has 1 aromatic rings. The van der Waals surface area contributed by atoms with Crippen LogP contribution in [-0.4, -0.2) is 49.2 Å². The number of methoxy groups -OCH3 is 1. The van der Waals surface area contributed by atoms with E-state index in [1.54, 1.807) is 4.90 Å². The maximum absolute atomic E-state index is 12.5. The highest BCUT2D eigenvalue weighted by Crippen LogP contribution is 2.29. The summed E-state index contributed by atoms with van der Waals surface area (Å²) in [6.45, 7) is 3.06. The predicted octanol–water partition coefficient (Wildman–Crippen LogP) is 2.59. The van der Waals surface area contributed by atoms with Crippen LogP contribution >= 0.6 is 0 Å². The molecule has 1 fully saturated rings. The first-order chi connectivity index (χ1) is 9.90. The molecule has 1 aromatic carbocycles. The van der Waals surface area contributed by atoms with Crippen LogP contribution in [0.3, 0.4) is 0 Å². The summed E-state index contributed by atoms with van der Waals surface area (Å²) in [5.74, 6) is 0. The van der Waals surface area contributed by atoms with E-state index in [1.165, 1.54) is 19.2 Å². The summed E-state index contributed by atoms with van der Waals surface area (Å²) in [6, 6.07) is 5.19. The summed E-state index contributed by atoms with van der Waals surface area (Å²) in [6.07, 6.45) is -4.64. The Morgan fingerprint density at radius 2 is 1.71 bits per heavy atom. The summed E-state index contributed by atoms with van der Waals surface area (Å²) in [7, 11) is 1.34. The fraction of sp³-hybridized carbons (Fsp3) is 0.500. The predicted molar refractivity (Wildman–Crippen MR) is 70.7 cm³/mol. The lowest BCUT2D eigenvalue weighted by Crippen LogP contribution is -2.48. The van der Waals surface area contributed by atoms with Crippen LogP contribution in [0.1, 0.15) is 11.1 Å². The number of ether oxygens (including phenoxy) is 1. The van der Waals surface area contributed by atoms with Crippen molar-refractivity contribution in [3.05, 3.63) is 35.4 Å². The number of piperazine rings is 1. The highest BCUT2D eigenvalue weighted by molar-refractivity contribution is 5.67. The summed E-state index contributed by atoms with van der Waals surface area (Å²) >= 11 is 0. The molecule has 4 nitrogen and oxygen atoms in total. The number of rotatable bonds is 2. The van der Waals surface area contributed by atoms with Gasteiger partial charge in [-0.05, 0) is 17.7 Å². The molecule has 1 heterocycles. The third-order valence-electron chi connectivity index (χ3n) is 3.49. The molecule has 2 rings (SSSR count). The Labute approximate surface area is 121 Å². The lowest BCUT2D eigenvalue weighted by molar-refractivity contribution is -0.137. The first-order valence-electron chi connectivity index (χ1n) is 6.61. The topological polar surface area (TPSA) is 32.8 Å². The van der Waals surface area contributed by atoms with Gasteiger partial charge < -0.3 is 9.64 Å². The van der Waals surface area contributed by atoms with Gasteiger partial charge in [0, 0.05) is 32.7 Å². The number of hydrogen-bond donors (Lipinski definition) is 0. The van der Waals surface area contributed by atoms with Gasteiger partial charge in [0.15, 0.2) is 0 Å². The summed E-state index contributed by atoms with van der Waals surface area (Å²) in [5.41, 5.74) is 0.191. The second-order valence-corrected chi connectivity index (χ2v) is 4.93. The van der Waals surface area contributed by atoms with Crippen LogP contribution in [-0.2, 0) is 17.5 Å². The van der Waals surface area contributed by atoms with Gasteiger partial charge in [0.1, 0.15) is 0 Å². The van der Waals surface area contributed by atoms with E-state index in [-0.39, 0.29) is 6.09 Å². The Morgan fingerprint density at radius 3 is 2.19 bits per heavy atom. The molecule has 0 N–H and O–H groups in total. The van der Waals surface area contributed by atoms with Gasteiger partial charge in [-0.2, -0.15) is 13.2 Å². The Morgan fingerprint density at radius 1 is 1.14 bits per heavy atom. The van der Waals surface area contributed by atoms with Crippen molar-refractivity contribution in [3.8, 4) is 0 Å². The number of alkyl halides is 3. The average Bonchev–Trinajstić information content (AvgIpc) is 2.47. The van der Waals surface area contributed by atoms with Crippen LogP contribution in [0.4, 0.5) is 18.0 Å². The van der Waals surface area contributed by atoms with Gasteiger partial charge in [-0.25, -0.2) is 4.79 Å². The van der Waals surface area contributed by atoms with Crippen molar-refractivity contribution < 1.29 is 22.7 Å². The van der Waals surface area contributed by atoms with Crippen molar-refractivity contribution in [2.45, 2.75) is 12.7 Å². The van der Waals surface area contributed by atoms with Crippen LogP contribution in [0.5, 0.6) is 0 Å². The van der Waals surface area contributed by atoms with E-state index in [4.69, 9.17) is 0 Å². The van der Waals surface area contributed by atoms with E-state index in [2.05, 4.69) is 9.64 Å². The average molecular weight is 302 g/mol. The number of hydrogen-bond acceptors (Lipinski definition) is 3. The molecule has 0 radical (unpaired) electrons. The largest absolute Gasteiger partial charge is 0.453 e. The summed E-state index contributed by atoms with van der Waals surface area (Å²) in [4.78, 5) is 15.1. The fourth-order valence-electron chi connectivity index (χ4n) is 2.27. The minimum Gasteiger partial charge on any atom is -0.453 e. The van der Waals surface area contributed by atoms with Crippen LogP contribution < -0.4 is 0 Å². The van der Waals surface area contributed by atoms with E-state index in [0.717, 1.165) is 17.7 Å². The number of benzene rings is 1. The van der Waals surface area contributed by atoms with Crippen molar-refractivity contribution in [1.29, 1.82) is 0 Å². The van der Waals surface area contributed by atoms with Gasteiger partial charge in [-0.1, -0.05) is 12.1 Å². The van der Waals surface area contributed by atoms with E-state index < -0.39 is 11.7 Å². The van der Waals surface area contributed by atoms with Crippen LogP contribution in [0.25, 0.3) is 0 Å². The SMILES string of the molecule is COC(=O)N1CCN(Cc2ccc(C(F)(F)F)cc2)CC1. The quantitative estimate of drug-likeness (QED) is 0.842. The smallest absolute Gasteiger partial charge is 0.416 e. The molecule has 0 aromatic heterocycles. The third kappa shape index (κ3) is 4.10. The molecule has 1 aliphatic heterocycles. The number of halogens is 3. The van der Waals surface area contributed by atoms with E-state index >= 15 is 0 Å². The van der Waals surface area contributed by atoms with E-state index in [0.29, 0.717) is 32.7 Å². The van der Waals surface area contributed by atoms with Gasteiger partial charge >= 0.3 is 12.3 Å². The second-order valence-electron chi connectivity index (χ2n) is 4.93. The van der Waals surface area contributed by atoms with Crippen molar-refractivity contribution in [2.24, 2.45) is 0 Å². The number of amides is 1. The third-order valence-corrected chi connectivity index (χ3v) is 3.49. The lowest BCUT2D eigenvalue weighted by atomic mass is 10.1. The van der Waals surface area contributed by atoms with Crippen molar-refractivity contribution in [2.75, 3.05) is 33.3 Å². The number of nitrogens with zero attached hydrogens (tertiary/aromatic N) is 2. The lowest BCUT2D eigenvalue weighted by Gasteiger charge is -2.33. The van der Waals surface area contributed by atoms with Gasteiger partial charge in [-0.3, -0.25) is 4.90 Å². The van der Waals surface area contributed by atoms with Crippen molar-refractivity contribution >= 4 is 6.09 Å². The Hall–Kier alpha value is -1.76. The Bertz CT molecular complexity index is 480. The molecule has 0 bridgehead atoms. The standard InChI is InChI=1S/C14H17F3N2O2/c1-21-13(20)19-8-6-18(7-9-19)10-11-2-4-12(5-3-11)14(15,16)17/h2-5H,6-10H2,1H3. The zero-order valence-corrected chi connectivity index (χ0v) is 11.7. The molecular formula is C14H17F3N2O2.